The Balaban J connectivity index is 2.66. The molecule has 14 heavy (non-hydrogen) atoms. The highest BCUT2D eigenvalue weighted by Crippen LogP contribution is 2.22. The smallest absolute Gasteiger partial charge is 0.147 e. The average Bonchev–Trinajstić information content (AvgIpc) is 2.56. The van der Waals surface area contributed by atoms with E-state index in [9.17, 15) is 0 Å². The van der Waals surface area contributed by atoms with Crippen molar-refractivity contribution in [2.45, 2.75) is 13.2 Å². The largest absolute Gasteiger partial charge is 0.360 e. The van der Waals surface area contributed by atoms with Gasteiger partial charge in [0.15, 0.2) is 0 Å². The Morgan fingerprint density at radius 3 is 2.86 bits per heavy atom. The van der Waals surface area contributed by atoms with Crippen molar-refractivity contribution >= 4 is 33.5 Å². The SMILES string of the molecule is COC(C)n1nc(I)c2ccccc21. The number of methoxy groups -OCH3 is 1. The molecule has 1 atom stereocenters. The third kappa shape index (κ3) is 1.52. The molecule has 0 fully saturated rings. The Morgan fingerprint density at radius 2 is 2.14 bits per heavy atom. The highest BCUT2D eigenvalue weighted by Gasteiger charge is 2.11. The summed E-state index contributed by atoms with van der Waals surface area (Å²) in [6.45, 7) is 1.98. The van der Waals surface area contributed by atoms with Crippen molar-refractivity contribution in [1.29, 1.82) is 0 Å². The summed E-state index contributed by atoms with van der Waals surface area (Å²) in [5.41, 5.74) is 1.12. The fraction of sp³-hybridized carbons (Fsp3) is 0.300. The molecule has 1 aromatic carbocycles. The lowest BCUT2D eigenvalue weighted by molar-refractivity contribution is 0.0536. The molecule has 0 amide bonds. The summed E-state index contributed by atoms with van der Waals surface area (Å²) in [5.74, 6) is 0. The van der Waals surface area contributed by atoms with Gasteiger partial charge in [0.1, 0.15) is 9.93 Å². The van der Waals surface area contributed by atoms with Gasteiger partial charge in [-0.1, -0.05) is 18.2 Å². The van der Waals surface area contributed by atoms with E-state index in [1.807, 2.05) is 23.7 Å². The Kier molecular flexibility index (Phi) is 2.73. The minimum absolute atomic E-state index is 0.0246. The summed E-state index contributed by atoms with van der Waals surface area (Å²) in [5, 5.41) is 5.62. The van der Waals surface area contributed by atoms with Crippen LogP contribution in [-0.4, -0.2) is 16.9 Å². The van der Waals surface area contributed by atoms with E-state index in [-0.39, 0.29) is 6.23 Å². The summed E-state index contributed by atoms with van der Waals surface area (Å²) in [7, 11) is 1.69. The van der Waals surface area contributed by atoms with E-state index in [0.29, 0.717) is 0 Å². The number of nitrogens with zero attached hydrogens (tertiary/aromatic N) is 2. The zero-order chi connectivity index (χ0) is 10.1. The molecular formula is C10H11IN2O. The van der Waals surface area contributed by atoms with E-state index < -0.39 is 0 Å². The number of para-hydroxylation sites is 1. The number of halogens is 1. The third-order valence-corrected chi connectivity index (χ3v) is 3.05. The van der Waals surface area contributed by atoms with Crippen molar-refractivity contribution in [1.82, 2.24) is 9.78 Å². The lowest BCUT2D eigenvalue weighted by Gasteiger charge is -2.10. The van der Waals surface area contributed by atoms with E-state index in [1.54, 1.807) is 7.11 Å². The fourth-order valence-corrected chi connectivity index (χ4v) is 2.12. The maximum absolute atomic E-state index is 5.25. The number of aromatic nitrogens is 2. The molecule has 74 valence electrons. The van der Waals surface area contributed by atoms with Crippen LogP contribution in [0, 0.1) is 3.70 Å². The standard InChI is InChI=1S/C10H11IN2O/c1-7(14-2)13-9-6-4-3-5-8(9)10(11)12-13/h3-7H,1-2H3. The van der Waals surface area contributed by atoms with E-state index in [2.05, 4.69) is 39.8 Å². The molecule has 1 aromatic heterocycles. The average molecular weight is 302 g/mol. The first-order valence-electron chi connectivity index (χ1n) is 4.39. The quantitative estimate of drug-likeness (QED) is 0.798. The maximum atomic E-state index is 5.25. The number of fused-ring (bicyclic) bond motifs is 1. The molecule has 0 saturated heterocycles. The van der Waals surface area contributed by atoms with Crippen LogP contribution in [0.3, 0.4) is 0 Å². The molecule has 0 aliphatic rings. The molecule has 0 aliphatic carbocycles. The second kappa shape index (κ2) is 3.86. The Hall–Kier alpha value is -0.620. The van der Waals surface area contributed by atoms with Crippen LogP contribution < -0.4 is 0 Å². The van der Waals surface area contributed by atoms with Gasteiger partial charge in [-0.2, -0.15) is 5.10 Å². The van der Waals surface area contributed by atoms with Crippen molar-refractivity contribution in [3.63, 3.8) is 0 Å². The predicted molar refractivity (Wildman–Crippen MR) is 64.2 cm³/mol. The molecule has 0 spiro atoms. The molecule has 1 heterocycles. The first kappa shape index (κ1) is 9.92. The van der Waals surface area contributed by atoms with Gasteiger partial charge in [-0.3, -0.25) is 0 Å². The van der Waals surface area contributed by atoms with Gasteiger partial charge in [-0.25, -0.2) is 4.68 Å². The first-order chi connectivity index (χ1) is 6.74. The monoisotopic (exact) mass is 302 g/mol. The van der Waals surface area contributed by atoms with Crippen molar-refractivity contribution in [2.24, 2.45) is 0 Å². The number of benzene rings is 1. The first-order valence-corrected chi connectivity index (χ1v) is 5.47. The molecule has 0 bridgehead atoms. The molecular weight excluding hydrogens is 291 g/mol. The van der Waals surface area contributed by atoms with Crippen molar-refractivity contribution in [2.75, 3.05) is 7.11 Å². The second-order valence-electron chi connectivity index (χ2n) is 3.09. The Morgan fingerprint density at radius 1 is 1.43 bits per heavy atom. The van der Waals surface area contributed by atoms with Crippen molar-refractivity contribution in [3.8, 4) is 0 Å². The summed E-state index contributed by atoms with van der Waals surface area (Å²) in [4.78, 5) is 0. The zero-order valence-corrected chi connectivity index (χ0v) is 10.2. The molecule has 3 nitrogen and oxygen atoms in total. The Bertz CT molecular complexity index is 452. The van der Waals surface area contributed by atoms with E-state index in [4.69, 9.17) is 4.74 Å². The fourth-order valence-electron chi connectivity index (χ4n) is 1.43. The third-order valence-electron chi connectivity index (χ3n) is 2.25. The van der Waals surface area contributed by atoms with Crippen molar-refractivity contribution < 1.29 is 4.74 Å². The zero-order valence-electron chi connectivity index (χ0n) is 8.07. The van der Waals surface area contributed by atoms with Crippen LogP contribution in [0.5, 0.6) is 0 Å². The van der Waals surface area contributed by atoms with Crippen LogP contribution in [0.2, 0.25) is 0 Å². The van der Waals surface area contributed by atoms with Crippen LogP contribution in [0.4, 0.5) is 0 Å². The van der Waals surface area contributed by atoms with Crippen LogP contribution in [0.15, 0.2) is 24.3 Å². The van der Waals surface area contributed by atoms with Gasteiger partial charge < -0.3 is 4.74 Å². The normalized spacial score (nSPS) is 13.4. The summed E-state index contributed by atoms with van der Waals surface area (Å²) in [6.07, 6.45) is -0.0246. The summed E-state index contributed by atoms with van der Waals surface area (Å²) in [6, 6.07) is 8.16. The lowest BCUT2D eigenvalue weighted by Crippen LogP contribution is -2.08. The van der Waals surface area contributed by atoms with E-state index in [1.165, 1.54) is 5.39 Å². The van der Waals surface area contributed by atoms with Gasteiger partial charge in [0, 0.05) is 12.5 Å². The molecule has 0 saturated carbocycles. The van der Waals surface area contributed by atoms with Gasteiger partial charge in [0.25, 0.3) is 0 Å². The van der Waals surface area contributed by atoms with Crippen molar-refractivity contribution in [3.05, 3.63) is 28.0 Å². The predicted octanol–water partition coefficient (Wildman–Crippen LogP) is 2.81. The van der Waals surface area contributed by atoms with Crippen LogP contribution in [0.25, 0.3) is 10.9 Å². The Labute approximate surface area is 96.2 Å². The minimum atomic E-state index is -0.0246. The minimum Gasteiger partial charge on any atom is -0.360 e. The van der Waals surface area contributed by atoms with Gasteiger partial charge in [0.2, 0.25) is 0 Å². The molecule has 0 N–H and O–H groups in total. The highest BCUT2D eigenvalue weighted by atomic mass is 127. The van der Waals surface area contributed by atoms with E-state index >= 15 is 0 Å². The maximum Gasteiger partial charge on any atom is 0.147 e. The number of rotatable bonds is 2. The number of hydrogen-bond donors (Lipinski definition) is 0. The molecule has 2 rings (SSSR count). The van der Waals surface area contributed by atoms with Crippen LogP contribution >= 0.6 is 22.6 Å². The van der Waals surface area contributed by atoms with Crippen LogP contribution in [-0.2, 0) is 4.74 Å². The van der Waals surface area contributed by atoms with Crippen LogP contribution in [0.1, 0.15) is 13.2 Å². The number of hydrogen-bond acceptors (Lipinski definition) is 2. The van der Waals surface area contributed by atoms with Gasteiger partial charge in [-0.15, -0.1) is 0 Å². The summed E-state index contributed by atoms with van der Waals surface area (Å²) >= 11 is 2.24. The molecule has 1 unspecified atom stereocenters. The van der Waals surface area contributed by atoms with E-state index in [0.717, 1.165) is 9.22 Å². The lowest BCUT2D eigenvalue weighted by atomic mass is 10.2. The van der Waals surface area contributed by atoms with Gasteiger partial charge >= 0.3 is 0 Å². The highest BCUT2D eigenvalue weighted by molar-refractivity contribution is 14.1. The summed E-state index contributed by atoms with van der Waals surface area (Å²) < 4.78 is 8.17. The molecule has 4 heteroatoms. The molecule has 2 aromatic rings. The van der Waals surface area contributed by atoms with Gasteiger partial charge in [-0.05, 0) is 35.6 Å². The molecule has 0 aliphatic heterocycles. The van der Waals surface area contributed by atoms with Gasteiger partial charge in [0.05, 0.1) is 5.52 Å². The molecule has 0 radical (unpaired) electrons. The second-order valence-corrected chi connectivity index (χ2v) is 4.11. The topological polar surface area (TPSA) is 27.1 Å². The number of ether oxygens (including phenoxy) is 1.